The molecular weight excluding hydrogens is 386 g/mol. The van der Waals surface area contributed by atoms with Crippen molar-refractivity contribution in [2.24, 2.45) is 0 Å². The van der Waals surface area contributed by atoms with Gasteiger partial charge in [-0.05, 0) is 40.8 Å². The summed E-state index contributed by atoms with van der Waals surface area (Å²) in [7, 11) is 0. The predicted octanol–water partition coefficient (Wildman–Crippen LogP) is 4.33. The first-order valence-electron chi connectivity index (χ1n) is 9.20. The van der Waals surface area contributed by atoms with Crippen molar-refractivity contribution in [1.82, 2.24) is 15.3 Å². The van der Waals surface area contributed by atoms with Gasteiger partial charge in [0.1, 0.15) is 6.61 Å². The van der Waals surface area contributed by atoms with Gasteiger partial charge in [-0.3, -0.25) is 0 Å². The van der Waals surface area contributed by atoms with Crippen LogP contribution in [0.5, 0.6) is 0 Å². The van der Waals surface area contributed by atoms with Crippen LogP contribution in [0.2, 0.25) is 5.28 Å². The van der Waals surface area contributed by atoms with Crippen LogP contribution in [0.4, 0.5) is 4.79 Å². The van der Waals surface area contributed by atoms with Gasteiger partial charge in [0.2, 0.25) is 5.28 Å². The number of halogens is 1. The van der Waals surface area contributed by atoms with Crippen molar-refractivity contribution >= 4 is 17.7 Å². The van der Waals surface area contributed by atoms with E-state index >= 15 is 0 Å². The number of rotatable bonds is 3. The first-order chi connectivity index (χ1) is 14.1. The van der Waals surface area contributed by atoms with Gasteiger partial charge in [0.15, 0.2) is 0 Å². The second-order valence-electron chi connectivity index (χ2n) is 6.62. The quantitative estimate of drug-likeness (QED) is 0.522. The van der Waals surface area contributed by atoms with E-state index in [9.17, 15) is 4.79 Å². The van der Waals surface area contributed by atoms with Crippen LogP contribution >= 0.6 is 11.6 Å². The minimum absolute atomic E-state index is 0.0353. The molecule has 4 rings (SSSR count). The molecule has 1 N–H and O–H groups in total. The van der Waals surface area contributed by atoms with E-state index in [1.807, 2.05) is 24.3 Å². The summed E-state index contributed by atoms with van der Waals surface area (Å²) in [5, 5.41) is 2.84. The maximum absolute atomic E-state index is 12.1. The molecule has 1 aliphatic carbocycles. The number of amides is 1. The molecule has 1 aliphatic rings. The Morgan fingerprint density at radius 1 is 1.14 bits per heavy atom. The topological polar surface area (TPSA) is 64.1 Å². The molecule has 144 valence electrons. The van der Waals surface area contributed by atoms with Gasteiger partial charge in [0, 0.05) is 12.1 Å². The molecule has 3 aromatic rings. The van der Waals surface area contributed by atoms with E-state index in [0.29, 0.717) is 11.3 Å². The molecule has 2 aromatic carbocycles. The van der Waals surface area contributed by atoms with Crippen molar-refractivity contribution in [3.8, 4) is 23.0 Å². The molecule has 0 saturated carbocycles. The lowest BCUT2D eigenvalue weighted by atomic mass is 9.98. The molecule has 0 aliphatic heterocycles. The number of aryl methyl sites for hydroxylation is 1. The lowest BCUT2D eigenvalue weighted by Gasteiger charge is -2.14. The maximum Gasteiger partial charge on any atom is 0.407 e. The Labute approximate surface area is 174 Å². The summed E-state index contributed by atoms with van der Waals surface area (Å²) in [4.78, 5) is 20.0. The van der Waals surface area contributed by atoms with Gasteiger partial charge in [-0.2, -0.15) is 0 Å². The molecule has 6 heteroatoms. The van der Waals surface area contributed by atoms with Crippen LogP contribution in [0.25, 0.3) is 11.1 Å². The predicted molar refractivity (Wildman–Crippen MR) is 112 cm³/mol. The molecule has 0 unspecified atom stereocenters. The normalized spacial score (nSPS) is 11.8. The van der Waals surface area contributed by atoms with E-state index < -0.39 is 6.09 Å². The van der Waals surface area contributed by atoms with Crippen molar-refractivity contribution in [2.45, 2.75) is 12.8 Å². The molecular formula is C23H18ClN3O2. The number of fused-ring (bicyclic) bond motifs is 3. The summed E-state index contributed by atoms with van der Waals surface area (Å²) in [6.07, 6.45) is 1.07. The largest absolute Gasteiger partial charge is 0.449 e. The Morgan fingerprint density at radius 3 is 2.45 bits per heavy atom. The highest BCUT2D eigenvalue weighted by atomic mass is 35.5. The molecule has 1 aromatic heterocycles. The van der Waals surface area contributed by atoms with Crippen LogP contribution < -0.4 is 5.32 Å². The van der Waals surface area contributed by atoms with Crippen LogP contribution in [0.3, 0.4) is 0 Å². The minimum Gasteiger partial charge on any atom is -0.449 e. The zero-order valence-corrected chi connectivity index (χ0v) is 16.5. The fourth-order valence-electron chi connectivity index (χ4n) is 3.47. The molecule has 0 atom stereocenters. The maximum atomic E-state index is 12.1. The number of nitrogens with zero attached hydrogens (tertiary/aromatic N) is 2. The number of nitrogens with one attached hydrogen (secondary N) is 1. The zero-order chi connectivity index (χ0) is 20.2. The van der Waals surface area contributed by atoms with Crippen molar-refractivity contribution in [3.05, 3.63) is 82.4 Å². The lowest BCUT2D eigenvalue weighted by molar-refractivity contribution is 0.144. The van der Waals surface area contributed by atoms with E-state index in [1.165, 1.54) is 22.3 Å². The molecule has 1 heterocycles. The highest BCUT2D eigenvalue weighted by Crippen LogP contribution is 2.44. The first-order valence-corrected chi connectivity index (χ1v) is 9.58. The van der Waals surface area contributed by atoms with E-state index in [1.54, 1.807) is 13.1 Å². The molecule has 0 fully saturated rings. The third-order valence-corrected chi connectivity index (χ3v) is 5.02. The minimum atomic E-state index is -0.495. The van der Waals surface area contributed by atoms with E-state index in [-0.39, 0.29) is 24.4 Å². The smallest absolute Gasteiger partial charge is 0.407 e. The number of benzene rings is 2. The molecule has 0 spiro atoms. The Bertz CT molecular complexity index is 1090. The number of alkyl carbamates (subject to hydrolysis) is 1. The van der Waals surface area contributed by atoms with Gasteiger partial charge in [-0.1, -0.05) is 60.4 Å². The summed E-state index contributed by atoms with van der Waals surface area (Å²) in [6.45, 7) is 2.24. The third kappa shape index (κ3) is 4.08. The molecule has 0 bridgehead atoms. The van der Waals surface area contributed by atoms with Gasteiger partial charge < -0.3 is 10.1 Å². The Balaban J connectivity index is 1.35. The zero-order valence-electron chi connectivity index (χ0n) is 15.8. The highest BCUT2D eigenvalue weighted by molar-refractivity contribution is 6.28. The molecule has 0 saturated heterocycles. The summed E-state index contributed by atoms with van der Waals surface area (Å²) in [6, 6.07) is 16.5. The Kier molecular flexibility index (Phi) is 5.46. The van der Waals surface area contributed by atoms with E-state index in [2.05, 4.69) is 51.4 Å². The average molecular weight is 404 g/mol. The second-order valence-corrected chi connectivity index (χ2v) is 6.96. The van der Waals surface area contributed by atoms with Crippen molar-refractivity contribution in [2.75, 3.05) is 13.2 Å². The molecule has 29 heavy (non-hydrogen) atoms. The highest BCUT2D eigenvalue weighted by Gasteiger charge is 2.28. The lowest BCUT2D eigenvalue weighted by Crippen LogP contribution is -2.26. The molecule has 1 amide bonds. The van der Waals surface area contributed by atoms with E-state index in [4.69, 9.17) is 16.3 Å². The van der Waals surface area contributed by atoms with Gasteiger partial charge in [0.25, 0.3) is 0 Å². The van der Waals surface area contributed by atoms with Crippen molar-refractivity contribution < 1.29 is 9.53 Å². The van der Waals surface area contributed by atoms with Crippen LogP contribution in [-0.4, -0.2) is 29.2 Å². The van der Waals surface area contributed by atoms with E-state index in [0.717, 1.165) is 0 Å². The second kappa shape index (κ2) is 8.34. The fraction of sp³-hybridized carbons (Fsp3) is 0.174. The Hall–Kier alpha value is -3.36. The van der Waals surface area contributed by atoms with Crippen molar-refractivity contribution in [3.63, 3.8) is 0 Å². The fourth-order valence-corrected chi connectivity index (χ4v) is 3.64. The number of carbonyl (C=O) groups excluding carboxylic acids is 1. The number of aromatic nitrogens is 2. The van der Waals surface area contributed by atoms with Crippen LogP contribution in [0.1, 0.15) is 28.3 Å². The monoisotopic (exact) mass is 403 g/mol. The van der Waals surface area contributed by atoms with Crippen molar-refractivity contribution in [1.29, 1.82) is 0 Å². The third-order valence-electron chi connectivity index (χ3n) is 4.84. The standard InChI is InChI=1S/C23H18ClN3O2/c1-15-16(13-26-22(24)27-15)7-6-12-25-23(28)29-14-21-19-10-4-2-8-17(19)18-9-3-5-11-20(18)21/h2-5,8-11,13,21H,12,14H2,1H3,(H,25,28). The van der Waals surface area contributed by atoms with Crippen LogP contribution in [0.15, 0.2) is 54.7 Å². The first kappa shape index (κ1) is 19.0. The Morgan fingerprint density at radius 2 is 1.79 bits per heavy atom. The van der Waals surface area contributed by atoms with Gasteiger partial charge >= 0.3 is 6.09 Å². The summed E-state index contributed by atoms with van der Waals surface area (Å²) in [5.74, 6) is 5.82. The summed E-state index contributed by atoms with van der Waals surface area (Å²) in [5.41, 5.74) is 6.12. The van der Waals surface area contributed by atoms with Crippen LogP contribution in [-0.2, 0) is 4.74 Å². The number of hydrogen-bond donors (Lipinski definition) is 1. The summed E-state index contributed by atoms with van der Waals surface area (Å²) >= 11 is 5.73. The van der Waals surface area contributed by atoms with Crippen LogP contribution in [0, 0.1) is 18.8 Å². The molecule has 0 radical (unpaired) electrons. The van der Waals surface area contributed by atoms with Gasteiger partial charge in [-0.15, -0.1) is 0 Å². The SMILES string of the molecule is Cc1nc(Cl)ncc1C#CCNC(=O)OCC1c2ccccc2-c2ccccc21. The number of carbonyl (C=O) groups is 1. The molecule has 5 nitrogen and oxygen atoms in total. The average Bonchev–Trinajstić information content (AvgIpc) is 3.05. The number of hydrogen-bond acceptors (Lipinski definition) is 4. The summed E-state index contributed by atoms with van der Waals surface area (Å²) < 4.78 is 5.47. The number of ether oxygens (including phenoxy) is 1. The van der Waals surface area contributed by atoms with Gasteiger partial charge in [0.05, 0.1) is 17.8 Å². The van der Waals surface area contributed by atoms with Gasteiger partial charge in [-0.25, -0.2) is 14.8 Å².